The molecule has 0 heterocycles. The van der Waals surface area contributed by atoms with Gasteiger partial charge in [0, 0.05) is 19.3 Å². The Morgan fingerprint density at radius 3 is 0.868 bits per heavy atom. The maximum atomic E-state index is 12.8. The third-order valence-electron chi connectivity index (χ3n) is 11.6. The number of allylic oxidation sites excluding steroid dienone is 30. The minimum absolute atomic E-state index is 0.128. The van der Waals surface area contributed by atoms with E-state index in [1.165, 1.54) is 12.8 Å². The molecule has 1 unspecified atom stereocenters. The molecule has 0 rings (SSSR count). The van der Waals surface area contributed by atoms with Gasteiger partial charge in [-0.2, -0.15) is 0 Å². The Hall–Kier alpha value is -5.49. The molecule has 0 radical (unpaired) electrons. The van der Waals surface area contributed by atoms with Crippen LogP contribution in [0.3, 0.4) is 0 Å². The van der Waals surface area contributed by atoms with Crippen molar-refractivity contribution in [1.82, 2.24) is 0 Å². The SMILES string of the molecule is CC/C=C\C/C=C\C/C=C\C/C=C\C/C=C\C/C=C\C/C=C\C/C=C\C/C=C\C/C=C\CCCCCCC(=O)OCC(COC(=O)CCCCCCC/C=C\CCC)OC(=O)CC/C=C\C/C=C\C/C=C\C/C=C\CC. The van der Waals surface area contributed by atoms with E-state index in [2.05, 4.69) is 191 Å². The quantitative estimate of drug-likeness (QED) is 0.0261. The molecule has 0 aliphatic carbocycles. The topological polar surface area (TPSA) is 78.9 Å². The zero-order valence-electron chi connectivity index (χ0n) is 48.2. The van der Waals surface area contributed by atoms with Crippen LogP contribution >= 0.6 is 0 Å². The van der Waals surface area contributed by atoms with E-state index in [9.17, 15) is 14.4 Å². The Morgan fingerprint density at radius 2 is 0.539 bits per heavy atom. The Balaban J connectivity index is 4.31. The molecule has 422 valence electrons. The molecule has 6 nitrogen and oxygen atoms in total. The van der Waals surface area contributed by atoms with Gasteiger partial charge in [-0.05, 0) is 141 Å². The molecule has 0 aliphatic rings. The van der Waals surface area contributed by atoms with Gasteiger partial charge in [-0.1, -0.05) is 242 Å². The third-order valence-corrected chi connectivity index (χ3v) is 11.6. The summed E-state index contributed by atoms with van der Waals surface area (Å²) in [5.74, 6) is -1.06. The number of carbonyl (C=O) groups is 3. The molecule has 1 atom stereocenters. The van der Waals surface area contributed by atoms with Crippen LogP contribution in [0.15, 0.2) is 182 Å². The van der Waals surface area contributed by atoms with Crippen LogP contribution < -0.4 is 0 Å². The van der Waals surface area contributed by atoms with Gasteiger partial charge in [0.25, 0.3) is 0 Å². The van der Waals surface area contributed by atoms with Crippen LogP contribution in [-0.2, 0) is 28.6 Å². The molecule has 0 N–H and O–H groups in total. The summed E-state index contributed by atoms with van der Waals surface area (Å²) in [6, 6.07) is 0. The highest BCUT2D eigenvalue weighted by molar-refractivity contribution is 5.71. The minimum Gasteiger partial charge on any atom is -0.462 e. The summed E-state index contributed by atoms with van der Waals surface area (Å²) in [6.07, 6.45) is 93.5. The van der Waals surface area contributed by atoms with Crippen molar-refractivity contribution in [3.05, 3.63) is 182 Å². The summed E-state index contributed by atoms with van der Waals surface area (Å²) < 4.78 is 16.7. The number of unbranched alkanes of at least 4 members (excludes halogenated alkanes) is 10. The Kier molecular flexibility index (Phi) is 57.6. The second-order valence-corrected chi connectivity index (χ2v) is 18.8. The van der Waals surface area contributed by atoms with E-state index >= 15 is 0 Å². The second-order valence-electron chi connectivity index (χ2n) is 18.8. The maximum Gasteiger partial charge on any atom is 0.306 e. The van der Waals surface area contributed by atoms with E-state index in [0.29, 0.717) is 19.3 Å². The van der Waals surface area contributed by atoms with Gasteiger partial charge in [0.15, 0.2) is 6.10 Å². The van der Waals surface area contributed by atoms with Crippen molar-refractivity contribution in [2.24, 2.45) is 0 Å². The Morgan fingerprint density at radius 1 is 0.276 bits per heavy atom. The number of esters is 3. The molecule has 0 aromatic rings. The summed E-state index contributed by atoms with van der Waals surface area (Å²) in [5.41, 5.74) is 0. The molecule has 0 aliphatic heterocycles. The van der Waals surface area contributed by atoms with E-state index in [-0.39, 0.29) is 31.6 Å². The first-order chi connectivity index (χ1) is 37.5. The maximum absolute atomic E-state index is 12.8. The highest BCUT2D eigenvalue weighted by Gasteiger charge is 2.19. The smallest absolute Gasteiger partial charge is 0.306 e. The third kappa shape index (κ3) is 59.4. The van der Waals surface area contributed by atoms with Crippen LogP contribution in [0.1, 0.15) is 220 Å². The predicted octanol–water partition coefficient (Wildman–Crippen LogP) is 20.5. The first-order valence-electron chi connectivity index (χ1n) is 29.8. The van der Waals surface area contributed by atoms with Crippen LogP contribution in [0.25, 0.3) is 0 Å². The normalized spacial score (nSPS) is 13.5. The molecule has 0 bridgehead atoms. The first-order valence-corrected chi connectivity index (χ1v) is 29.8. The van der Waals surface area contributed by atoms with E-state index in [4.69, 9.17) is 14.2 Å². The highest BCUT2D eigenvalue weighted by Crippen LogP contribution is 2.12. The van der Waals surface area contributed by atoms with Crippen molar-refractivity contribution >= 4 is 17.9 Å². The first kappa shape index (κ1) is 70.5. The van der Waals surface area contributed by atoms with Gasteiger partial charge in [0.1, 0.15) is 13.2 Å². The monoisotopic (exact) mass is 1040 g/mol. The largest absolute Gasteiger partial charge is 0.462 e. The van der Waals surface area contributed by atoms with E-state index in [1.54, 1.807) is 0 Å². The van der Waals surface area contributed by atoms with Gasteiger partial charge in [-0.3, -0.25) is 14.4 Å². The summed E-state index contributed by atoms with van der Waals surface area (Å²) in [6.45, 7) is 6.22. The molecular weight excluding hydrogens is 937 g/mol. The molecule has 0 aromatic carbocycles. The molecule has 0 aromatic heterocycles. The van der Waals surface area contributed by atoms with Gasteiger partial charge in [0.2, 0.25) is 0 Å². The van der Waals surface area contributed by atoms with Gasteiger partial charge in [-0.15, -0.1) is 0 Å². The number of carbonyl (C=O) groups excluding carboxylic acids is 3. The molecule has 0 saturated carbocycles. The van der Waals surface area contributed by atoms with Crippen LogP contribution in [0, 0.1) is 0 Å². The van der Waals surface area contributed by atoms with Crippen molar-refractivity contribution in [1.29, 1.82) is 0 Å². The van der Waals surface area contributed by atoms with E-state index in [0.717, 1.165) is 161 Å². The standard InChI is InChI=1S/C70H106O6/c1-4-7-10-13-16-19-22-24-25-26-27-28-29-30-31-32-33-34-35-36-37-38-39-40-41-42-43-44-45-47-48-51-54-57-60-63-69(72)75-66-67(65-74-68(71)62-59-56-53-50-21-18-15-12-9-6-3)76-70(73)64-61-58-55-52-49-46-23-20-17-14-11-8-5-2/h7-8,10-12,15-17,19-20,24-25,27-28,30-31,33-34,36-37,39-40,42-43,45-47,49,55,58,67H,4-6,9,13-14,18,21-23,26,29,32,35,38,41,44,48,50-54,56-57,59-66H2,1-3H3/b10-7-,11-8-,15-12-,19-16-,20-17-,25-24-,28-27-,31-30-,34-33-,37-36-,40-39-,43-42-,47-45-,49-46-,58-55-. The van der Waals surface area contributed by atoms with Crippen LogP contribution in [0.4, 0.5) is 0 Å². The molecule has 0 saturated heterocycles. The molecule has 0 amide bonds. The number of ether oxygens (including phenoxy) is 3. The summed E-state index contributed by atoms with van der Waals surface area (Å²) in [5, 5.41) is 0. The van der Waals surface area contributed by atoms with Crippen molar-refractivity contribution < 1.29 is 28.6 Å². The average molecular weight is 1040 g/mol. The summed E-state index contributed by atoms with van der Waals surface area (Å²) >= 11 is 0. The number of hydrogen-bond acceptors (Lipinski definition) is 6. The van der Waals surface area contributed by atoms with Gasteiger partial charge in [0.05, 0.1) is 0 Å². The fourth-order valence-corrected chi connectivity index (χ4v) is 7.25. The van der Waals surface area contributed by atoms with Crippen LogP contribution in [0.2, 0.25) is 0 Å². The predicted molar refractivity (Wildman–Crippen MR) is 329 cm³/mol. The van der Waals surface area contributed by atoms with Gasteiger partial charge in [-0.25, -0.2) is 0 Å². The van der Waals surface area contributed by atoms with Crippen molar-refractivity contribution in [2.45, 2.75) is 226 Å². The Bertz CT molecular complexity index is 1820. The van der Waals surface area contributed by atoms with Crippen LogP contribution in [-0.4, -0.2) is 37.2 Å². The second kappa shape index (κ2) is 62.1. The zero-order valence-corrected chi connectivity index (χ0v) is 48.2. The lowest BCUT2D eigenvalue weighted by Gasteiger charge is -2.18. The van der Waals surface area contributed by atoms with Gasteiger partial charge >= 0.3 is 17.9 Å². The molecular formula is C70H106O6. The highest BCUT2D eigenvalue weighted by atomic mass is 16.6. The minimum atomic E-state index is -0.838. The van der Waals surface area contributed by atoms with Crippen LogP contribution in [0.5, 0.6) is 0 Å². The number of rotatable bonds is 51. The lowest BCUT2D eigenvalue weighted by atomic mass is 10.1. The van der Waals surface area contributed by atoms with Gasteiger partial charge < -0.3 is 14.2 Å². The van der Waals surface area contributed by atoms with Crippen molar-refractivity contribution in [3.63, 3.8) is 0 Å². The van der Waals surface area contributed by atoms with E-state index < -0.39 is 12.1 Å². The summed E-state index contributed by atoms with van der Waals surface area (Å²) in [7, 11) is 0. The number of hydrogen-bond donors (Lipinski definition) is 0. The fraction of sp³-hybridized carbons (Fsp3) is 0.529. The zero-order chi connectivity index (χ0) is 55.0. The average Bonchev–Trinajstić information content (AvgIpc) is 3.42. The lowest BCUT2D eigenvalue weighted by molar-refractivity contribution is -0.166. The summed E-state index contributed by atoms with van der Waals surface area (Å²) in [4.78, 5) is 38.0. The molecule has 6 heteroatoms. The van der Waals surface area contributed by atoms with E-state index in [1.807, 2.05) is 12.2 Å². The fourth-order valence-electron chi connectivity index (χ4n) is 7.25. The lowest BCUT2D eigenvalue weighted by Crippen LogP contribution is -2.30. The molecule has 0 spiro atoms. The molecule has 0 fully saturated rings. The van der Waals surface area contributed by atoms with Crippen molar-refractivity contribution in [3.8, 4) is 0 Å². The molecule has 76 heavy (non-hydrogen) atoms. The Labute approximate surface area is 465 Å². The van der Waals surface area contributed by atoms with Crippen molar-refractivity contribution in [2.75, 3.05) is 13.2 Å².